The van der Waals surface area contributed by atoms with Crippen molar-refractivity contribution in [2.45, 2.75) is 52.4 Å². The number of rotatable bonds is 6. The van der Waals surface area contributed by atoms with Crippen molar-refractivity contribution >= 4 is 0 Å². The van der Waals surface area contributed by atoms with Gasteiger partial charge in [-0.25, -0.2) is 0 Å². The molecule has 0 spiro atoms. The van der Waals surface area contributed by atoms with Crippen LogP contribution in [0.25, 0.3) is 0 Å². The number of unbranched alkanes of at least 4 members (excludes halogenated alkanes) is 4. The SMILES string of the molecule is [CH-]=CCCCC.[CH-]=CCCCC.[Cu+2]. The van der Waals surface area contributed by atoms with Crippen LogP contribution >= 0.6 is 0 Å². The van der Waals surface area contributed by atoms with E-state index < -0.39 is 0 Å². The van der Waals surface area contributed by atoms with Gasteiger partial charge in [0.1, 0.15) is 0 Å². The topological polar surface area (TPSA) is 0 Å². The van der Waals surface area contributed by atoms with Gasteiger partial charge in [0.25, 0.3) is 0 Å². The molecular weight excluding hydrogens is 208 g/mol. The maximum atomic E-state index is 5.09. The molecule has 0 unspecified atom stereocenters. The third-order valence-electron chi connectivity index (χ3n) is 1.45. The first-order chi connectivity index (χ1) is 5.83. The largest absolute Gasteiger partial charge is 2.00 e. The molecule has 81 valence electrons. The van der Waals surface area contributed by atoms with Crippen molar-refractivity contribution in [2.75, 3.05) is 0 Å². The van der Waals surface area contributed by atoms with Crippen molar-refractivity contribution in [3.05, 3.63) is 25.3 Å². The zero-order valence-corrected chi connectivity index (χ0v) is 9.80. The van der Waals surface area contributed by atoms with Gasteiger partial charge in [0, 0.05) is 0 Å². The fraction of sp³-hybridized carbons (Fsp3) is 0.667. The summed E-state index contributed by atoms with van der Waals surface area (Å²) in [4.78, 5) is 0. The van der Waals surface area contributed by atoms with Crippen molar-refractivity contribution in [3.63, 3.8) is 0 Å². The molecule has 0 aliphatic rings. The molecule has 0 fully saturated rings. The first-order valence-corrected chi connectivity index (χ1v) is 4.90. The molecule has 0 amide bonds. The van der Waals surface area contributed by atoms with Crippen LogP contribution in [0.15, 0.2) is 12.2 Å². The first-order valence-electron chi connectivity index (χ1n) is 4.90. The molecule has 0 aliphatic carbocycles. The van der Waals surface area contributed by atoms with Gasteiger partial charge in [-0.05, 0) is 0 Å². The molecule has 13 heavy (non-hydrogen) atoms. The van der Waals surface area contributed by atoms with Gasteiger partial charge < -0.3 is 13.2 Å². The van der Waals surface area contributed by atoms with E-state index in [2.05, 4.69) is 13.8 Å². The predicted molar refractivity (Wildman–Crippen MR) is 56.8 cm³/mol. The second-order valence-corrected chi connectivity index (χ2v) is 2.76. The minimum Gasteiger partial charge on any atom is -0.518 e. The van der Waals surface area contributed by atoms with E-state index in [1.807, 2.05) is 0 Å². The van der Waals surface area contributed by atoms with Gasteiger partial charge in [-0.3, -0.25) is 12.2 Å². The van der Waals surface area contributed by atoms with E-state index in [9.17, 15) is 0 Å². The molecular formula is C12H22Cu. The summed E-state index contributed by atoms with van der Waals surface area (Å²) in [5.74, 6) is 0. The molecule has 0 heterocycles. The summed E-state index contributed by atoms with van der Waals surface area (Å²) in [7, 11) is 0. The maximum absolute atomic E-state index is 5.09. The average molecular weight is 230 g/mol. The molecule has 0 saturated carbocycles. The van der Waals surface area contributed by atoms with Crippen molar-refractivity contribution in [3.8, 4) is 0 Å². The molecule has 0 atom stereocenters. The van der Waals surface area contributed by atoms with Gasteiger partial charge in [0.2, 0.25) is 0 Å². The average Bonchev–Trinajstić information content (AvgIpc) is 2.12. The van der Waals surface area contributed by atoms with E-state index >= 15 is 0 Å². The van der Waals surface area contributed by atoms with Crippen LogP contribution in [0.3, 0.4) is 0 Å². The van der Waals surface area contributed by atoms with Crippen LogP contribution < -0.4 is 0 Å². The third-order valence-corrected chi connectivity index (χ3v) is 1.45. The van der Waals surface area contributed by atoms with Gasteiger partial charge in [-0.2, -0.15) is 0 Å². The minimum atomic E-state index is 0. The Labute approximate surface area is 95.0 Å². The van der Waals surface area contributed by atoms with Crippen LogP contribution in [0.5, 0.6) is 0 Å². The summed E-state index contributed by atoms with van der Waals surface area (Å²) in [6.45, 7) is 14.5. The molecule has 0 nitrogen and oxygen atoms in total. The van der Waals surface area contributed by atoms with Crippen molar-refractivity contribution < 1.29 is 17.1 Å². The molecule has 1 heteroatoms. The van der Waals surface area contributed by atoms with Gasteiger partial charge in [-0.15, -0.1) is 0 Å². The summed E-state index contributed by atoms with van der Waals surface area (Å²) >= 11 is 0. The van der Waals surface area contributed by atoms with Crippen LogP contribution in [0.2, 0.25) is 0 Å². The Balaban J connectivity index is -0.000000143. The van der Waals surface area contributed by atoms with E-state index in [0.717, 1.165) is 12.8 Å². The van der Waals surface area contributed by atoms with Gasteiger partial charge in [-0.1, -0.05) is 52.4 Å². The second-order valence-electron chi connectivity index (χ2n) is 2.76. The van der Waals surface area contributed by atoms with Crippen LogP contribution in [0, 0.1) is 13.2 Å². The van der Waals surface area contributed by atoms with Crippen LogP contribution in [0.4, 0.5) is 0 Å². The molecule has 0 rings (SSSR count). The number of allylic oxidation sites excluding steroid dienone is 2. The standard InChI is InChI=1S/2C6H11.Cu/c2*1-3-5-6-4-2;/h2*1,3H,4-6H2,2H3;/q2*-1;+2. The van der Waals surface area contributed by atoms with Gasteiger partial charge in [0.15, 0.2) is 0 Å². The molecule has 0 aliphatic heterocycles. The molecule has 0 N–H and O–H groups in total. The Bertz CT molecular complexity index is 75.1. The third kappa shape index (κ3) is 33.3. The van der Waals surface area contributed by atoms with Crippen LogP contribution in [-0.2, 0) is 17.1 Å². The van der Waals surface area contributed by atoms with Gasteiger partial charge in [0.05, 0.1) is 0 Å². The predicted octanol–water partition coefficient (Wildman–Crippen LogP) is 4.33. The summed E-state index contributed by atoms with van der Waals surface area (Å²) in [5.41, 5.74) is 0. The van der Waals surface area contributed by atoms with E-state index in [-0.39, 0.29) is 17.1 Å². The fourth-order valence-corrected chi connectivity index (χ4v) is 0.644. The zero-order valence-electron chi connectivity index (χ0n) is 8.85. The van der Waals surface area contributed by atoms with Gasteiger partial charge >= 0.3 is 17.1 Å². The van der Waals surface area contributed by atoms with Crippen molar-refractivity contribution in [2.24, 2.45) is 0 Å². The molecule has 0 aromatic heterocycles. The smallest absolute Gasteiger partial charge is 0.518 e. The number of hydrogen-bond donors (Lipinski definition) is 0. The monoisotopic (exact) mass is 229 g/mol. The molecule has 0 aromatic rings. The molecule has 0 aromatic carbocycles. The fourth-order valence-electron chi connectivity index (χ4n) is 0.644. The summed E-state index contributed by atoms with van der Waals surface area (Å²) in [6, 6.07) is 0. The Kier molecular flexibility index (Phi) is 32.7. The first kappa shape index (κ1) is 18.7. The number of hydrogen-bond acceptors (Lipinski definition) is 0. The van der Waals surface area contributed by atoms with E-state index in [4.69, 9.17) is 13.2 Å². The van der Waals surface area contributed by atoms with Crippen molar-refractivity contribution in [1.29, 1.82) is 0 Å². The summed E-state index contributed by atoms with van der Waals surface area (Å²) < 4.78 is 0. The van der Waals surface area contributed by atoms with E-state index in [0.29, 0.717) is 0 Å². The Hall–Kier alpha value is -0.000519. The summed E-state index contributed by atoms with van der Waals surface area (Å²) in [5, 5.41) is 0. The zero-order chi connectivity index (χ0) is 9.66. The second kappa shape index (κ2) is 22.7. The molecule has 0 bridgehead atoms. The van der Waals surface area contributed by atoms with Crippen LogP contribution in [-0.4, -0.2) is 0 Å². The quantitative estimate of drug-likeness (QED) is 0.361. The Morgan fingerprint density at radius 2 is 1.15 bits per heavy atom. The summed E-state index contributed by atoms with van der Waals surface area (Å²) in [6.07, 6.45) is 10.5. The van der Waals surface area contributed by atoms with E-state index in [1.54, 1.807) is 12.2 Å². The minimum absolute atomic E-state index is 0. The van der Waals surface area contributed by atoms with Crippen molar-refractivity contribution in [1.82, 2.24) is 0 Å². The Morgan fingerprint density at radius 1 is 0.846 bits per heavy atom. The normalized spacial score (nSPS) is 7.54. The molecule has 1 radical (unpaired) electrons. The van der Waals surface area contributed by atoms with E-state index in [1.165, 1.54) is 25.7 Å². The Morgan fingerprint density at radius 3 is 1.23 bits per heavy atom. The maximum Gasteiger partial charge on any atom is 2.00 e. The molecule has 0 saturated heterocycles. The van der Waals surface area contributed by atoms with Crippen LogP contribution in [0.1, 0.15) is 52.4 Å².